The van der Waals surface area contributed by atoms with Crippen LogP contribution in [0.25, 0.3) is 0 Å². The fourth-order valence-electron chi connectivity index (χ4n) is 12.1. The standard InChI is InChI=1S/C79H154O17P2/c1-8-10-11-12-13-29-39-46-53-60-76(81)89-66-74(96-79(84)63-56-49-42-35-28-27-32-38-45-52-59-72(7)9-2)68-93-97(85,86)91-64-73(80)65-92-98(87,88)94-69-75(67-90-77(82)61-54-47-40-33-25-22-18-20-24-31-37-44-51-58-71(5)6)95-78(83)62-55-48-41-34-26-21-17-15-14-16-19-23-30-36-43-50-57-70(3)4/h70-75,80H,8-69H2,1-7H3,(H,85,86)(H,87,88)/t72?,73-,74+,75+/m0/s1. The summed E-state index contributed by atoms with van der Waals surface area (Å²) in [6.45, 7) is 12.0. The van der Waals surface area contributed by atoms with E-state index < -0.39 is 97.5 Å². The van der Waals surface area contributed by atoms with Crippen LogP contribution in [0.5, 0.6) is 0 Å². The van der Waals surface area contributed by atoms with Gasteiger partial charge in [-0.15, -0.1) is 0 Å². The molecule has 3 unspecified atom stereocenters. The lowest BCUT2D eigenvalue weighted by molar-refractivity contribution is -0.161. The van der Waals surface area contributed by atoms with Crippen molar-refractivity contribution >= 4 is 39.5 Å². The van der Waals surface area contributed by atoms with Gasteiger partial charge in [0.15, 0.2) is 12.2 Å². The molecule has 0 aromatic rings. The van der Waals surface area contributed by atoms with E-state index in [0.29, 0.717) is 25.7 Å². The molecule has 0 amide bonds. The average molecular weight is 1440 g/mol. The van der Waals surface area contributed by atoms with Crippen LogP contribution in [0.3, 0.4) is 0 Å². The quantitative estimate of drug-likeness (QED) is 0.0222. The highest BCUT2D eigenvalue weighted by Gasteiger charge is 2.30. The van der Waals surface area contributed by atoms with E-state index >= 15 is 0 Å². The van der Waals surface area contributed by atoms with Crippen molar-refractivity contribution in [2.45, 2.75) is 426 Å². The van der Waals surface area contributed by atoms with Crippen LogP contribution in [-0.2, 0) is 65.4 Å². The number of rotatable bonds is 77. The minimum Gasteiger partial charge on any atom is -0.462 e. The summed E-state index contributed by atoms with van der Waals surface area (Å²) in [5.74, 6) is 0.289. The fourth-order valence-corrected chi connectivity index (χ4v) is 13.7. The SMILES string of the molecule is CCCCCCCCCCCC(=O)OC[C@H](COP(=O)(O)OC[C@H](O)COP(=O)(O)OC[C@@H](COC(=O)CCCCCCCCCCCCCCCC(C)C)OC(=O)CCCCCCCCCCCCCCCCCCC(C)C)OC(=O)CCCCCCCCCCCCC(C)CC. The van der Waals surface area contributed by atoms with Crippen LogP contribution in [0.15, 0.2) is 0 Å². The Morgan fingerprint density at radius 1 is 0.296 bits per heavy atom. The lowest BCUT2D eigenvalue weighted by atomic mass is 9.99. The Bertz CT molecular complexity index is 1910. The molecule has 3 N–H and O–H groups in total. The number of ether oxygens (including phenoxy) is 4. The predicted octanol–water partition coefficient (Wildman–Crippen LogP) is 23.4. The van der Waals surface area contributed by atoms with Crippen molar-refractivity contribution in [1.82, 2.24) is 0 Å². The number of unbranched alkanes of at least 4 members (excludes halogenated alkanes) is 44. The van der Waals surface area contributed by atoms with Gasteiger partial charge in [-0.25, -0.2) is 9.13 Å². The summed E-state index contributed by atoms with van der Waals surface area (Å²) in [6.07, 6.45) is 56.8. The van der Waals surface area contributed by atoms with E-state index in [1.54, 1.807) is 0 Å². The molecule has 0 spiro atoms. The van der Waals surface area contributed by atoms with Gasteiger partial charge in [-0.1, -0.05) is 357 Å². The minimum atomic E-state index is -4.96. The van der Waals surface area contributed by atoms with Gasteiger partial charge in [0.1, 0.15) is 19.3 Å². The fraction of sp³-hybridized carbons (Fsp3) is 0.949. The van der Waals surface area contributed by atoms with Crippen LogP contribution in [0.1, 0.15) is 408 Å². The van der Waals surface area contributed by atoms with Crippen LogP contribution < -0.4 is 0 Å². The molecule has 0 fully saturated rings. The highest BCUT2D eigenvalue weighted by Crippen LogP contribution is 2.45. The molecule has 0 radical (unpaired) electrons. The second-order valence-electron chi connectivity index (χ2n) is 29.6. The van der Waals surface area contributed by atoms with E-state index in [1.807, 2.05) is 0 Å². The lowest BCUT2D eigenvalue weighted by Crippen LogP contribution is -2.30. The van der Waals surface area contributed by atoms with Crippen LogP contribution in [0, 0.1) is 17.8 Å². The normalized spacial score (nSPS) is 14.3. The molecule has 17 nitrogen and oxygen atoms in total. The van der Waals surface area contributed by atoms with Crippen LogP contribution in [-0.4, -0.2) is 96.7 Å². The molecule has 0 saturated heterocycles. The van der Waals surface area contributed by atoms with Gasteiger partial charge in [-0.05, 0) is 43.4 Å². The molecular formula is C79H154O17P2. The summed E-state index contributed by atoms with van der Waals surface area (Å²) < 4.78 is 68.6. The monoisotopic (exact) mass is 1440 g/mol. The summed E-state index contributed by atoms with van der Waals surface area (Å²) in [4.78, 5) is 72.9. The van der Waals surface area contributed by atoms with Gasteiger partial charge in [0.05, 0.1) is 26.4 Å². The maximum Gasteiger partial charge on any atom is 0.472 e. The molecule has 0 aliphatic carbocycles. The van der Waals surface area contributed by atoms with Gasteiger partial charge < -0.3 is 33.8 Å². The Hall–Kier alpha value is -1.94. The van der Waals surface area contributed by atoms with Crippen molar-refractivity contribution in [2.24, 2.45) is 17.8 Å². The molecule has 0 saturated carbocycles. The molecule has 6 atom stereocenters. The first-order valence-corrected chi connectivity index (χ1v) is 43.9. The molecule has 0 aliphatic rings. The molecule has 0 aliphatic heterocycles. The number of phosphoric acid groups is 2. The van der Waals surface area contributed by atoms with Crippen molar-refractivity contribution in [3.05, 3.63) is 0 Å². The molecule has 19 heteroatoms. The minimum absolute atomic E-state index is 0.106. The zero-order chi connectivity index (χ0) is 72.3. The number of hydrogen-bond acceptors (Lipinski definition) is 15. The van der Waals surface area contributed by atoms with Gasteiger partial charge in [-0.2, -0.15) is 0 Å². The molecule has 0 aromatic heterocycles. The first-order valence-electron chi connectivity index (χ1n) is 40.9. The third kappa shape index (κ3) is 71.1. The highest BCUT2D eigenvalue weighted by atomic mass is 31.2. The van der Waals surface area contributed by atoms with Crippen molar-refractivity contribution in [3.63, 3.8) is 0 Å². The molecule has 0 heterocycles. The second-order valence-corrected chi connectivity index (χ2v) is 32.6. The molecule has 98 heavy (non-hydrogen) atoms. The Morgan fingerprint density at radius 3 is 0.776 bits per heavy atom. The maximum atomic E-state index is 13.1. The Balaban J connectivity index is 5.23. The van der Waals surface area contributed by atoms with E-state index in [2.05, 4.69) is 48.5 Å². The van der Waals surface area contributed by atoms with Crippen LogP contribution >= 0.6 is 15.6 Å². The third-order valence-electron chi connectivity index (χ3n) is 18.7. The number of hydrogen-bond donors (Lipinski definition) is 3. The summed E-state index contributed by atoms with van der Waals surface area (Å²) in [7, 11) is -9.92. The maximum absolute atomic E-state index is 13.1. The molecule has 0 bridgehead atoms. The van der Waals surface area contributed by atoms with Crippen molar-refractivity contribution in [3.8, 4) is 0 Å². The van der Waals surface area contributed by atoms with E-state index in [1.165, 1.54) is 218 Å². The number of aliphatic hydroxyl groups excluding tert-OH is 1. The topological polar surface area (TPSA) is 237 Å². The molecule has 0 rings (SSSR count). The smallest absolute Gasteiger partial charge is 0.462 e. The van der Waals surface area contributed by atoms with Crippen LogP contribution in [0.2, 0.25) is 0 Å². The van der Waals surface area contributed by atoms with Gasteiger partial charge in [0.25, 0.3) is 0 Å². The van der Waals surface area contributed by atoms with Crippen molar-refractivity contribution in [2.75, 3.05) is 39.6 Å². The number of esters is 4. The number of aliphatic hydroxyl groups is 1. The summed E-state index contributed by atoms with van der Waals surface area (Å²) in [6, 6.07) is 0. The Labute approximate surface area is 600 Å². The highest BCUT2D eigenvalue weighted by molar-refractivity contribution is 7.47. The molecular weight excluding hydrogens is 1280 g/mol. The van der Waals surface area contributed by atoms with Crippen molar-refractivity contribution in [1.29, 1.82) is 0 Å². The third-order valence-corrected chi connectivity index (χ3v) is 20.6. The van der Waals surface area contributed by atoms with E-state index in [9.17, 15) is 43.2 Å². The van der Waals surface area contributed by atoms with Gasteiger partial charge in [0.2, 0.25) is 0 Å². The van der Waals surface area contributed by atoms with Gasteiger partial charge in [0, 0.05) is 25.7 Å². The lowest BCUT2D eigenvalue weighted by Gasteiger charge is -2.21. The van der Waals surface area contributed by atoms with Gasteiger partial charge in [-0.3, -0.25) is 37.3 Å². The summed E-state index contributed by atoms with van der Waals surface area (Å²) in [5.41, 5.74) is 0. The van der Waals surface area contributed by atoms with Crippen LogP contribution in [0.4, 0.5) is 0 Å². The number of carbonyl (C=O) groups is 4. The summed E-state index contributed by atoms with van der Waals surface area (Å²) >= 11 is 0. The van der Waals surface area contributed by atoms with Gasteiger partial charge >= 0.3 is 39.5 Å². The predicted molar refractivity (Wildman–Crippen MR) is 400 cm³/mol. The first-order chi connectivity index (χ1) is 47.3. The number of carbonyl (C=O) groups excluding carboxylic acids is 4. The van der Waals surface area contributed by atoms with Crippen molar-refractivity contribution < 1.29 is 80.2 Å². The Morgan fingerprint density at radius 2 is 0.520 bits per heavy atom. The zero-order valence-electron chi connectivity index (χ0n) is 64.3. The molecule has 582 valence electrons. The van der Waals surface area contributed by atoms with E-state index in [-0.39, 0.29) is 25.7 Å². The zero-order valence-corrected chi connectivity index (χ0v) is 66.0. The van der Waals surface area contributed by atoms with E-state index in [4.69, 9.17) is 37.0 Å². The average Bonchev–Trinajstić information content (AvgIpc) is 1.28. The molecule has 0 aromatic carbocycles. The summed E-state index contributed by atoms with van der Waals surface area (Å²) in [5, 5.41) is 10.6. The number of phosphoric ester groups is 2. The Kier molecular flexibility index (Phi) is 68.1. The second kappa shape index (κ2) is 69.4. The first kappa shape index (κ1) is 96.1. The van der Waals surface area contributed by atoms with E-state index in [0.717, 1.165) is 108 Å². The largest absolute Gasteiger partial charge is 0.472 e.